The summed E-state index contributed by atoms with van der Waals surface area (Å²) in [6.07, 6.45) is 5.85. The van der Waals surface area contributed by atoms with Crippen molar-refractivity contribution in [1.82, 2.24) is 0 Å². The zero-order valence-corrected chi connectivity index (χ0v) is 8.88. The van der Waals surface area contributed by atoms with E-state index in [1.165, 1.54) is 6.42 Å². The molecule has 0 radical (unpaired) electrons. The quantitative estimate of drug-likeness (QED) is 0.612. The molecule has 0 amide bonds. The molecule has 82 valence electrons. The van der Waals surface area contributed by atoms with E-state index in [2.05, 4.69) is 0 Å². The van der Waals surface area contributed by atoms with E-state index in [1.807, 2.05) is 13.8 Å². The van der Waals surface area contributed by atoms with Gasteiger partial charge in [-0.05, 0) is 19.8 Å². The topological polar surface area (TPSA) is 36.9 Å². The van der Waals surface area contributed by atoms with Crippen LogP contribution in [0.4, 0.5) is 0 Å². The van der Waals surface area contributed by atoms with Gasteiger partial charge in [0.1, 0.15) is 0 Å². The van der Waals surface area contributed by atoms with Crippen molar-refractivity contribution in [2.24, 2.45) is 0 Å². The lowest BCUT2D eigenvalue weighted by atomic mass is 9.94. The third kappa shape index (κ3) is 1.93. The van der Waals surface area contributed by atoms with Crippen LogP contribution in [0.25, 0.3) is 0 Å². The van der Waals surface area contributed by atoms with Crippen molar-refractivity contribution in [3.05, 3.63) is 0 Å². The van der Waals surface area contributed by atoms with Crippen molar-refractivity contribution < 1.29 is 19.6 Å². The Morgan fingerprint density at radius 1 is 0.929 bits per heavy atom. The molecule has 0 unspecified atom stereocenters. The van der Waals surface area contributed by atoms with E-state index < -0.39 is 11.6 Å². The van der Waals surface area contributed by atoms with E-state index in [9.17, 15) is 0 Å². The Bertz CT molecular complexity index is 188. The Morgan fingerprint density at radius 3 is 2.00 bits per heavy atom. The molecule has 0 aromatic heterocycles. The first kappa shape index (κ1) is 10.4. The average molecular weight is 202 g/mol. The van der Waals surface area contributed by atoms with Crippen LogP contribution in [0.3, 0.4) is 0 Å². The highest BCUT2D eigenvalue weighted by Gasteiger charge is 2.46. The smallest absolute Gasteiger partial charge is 0.195 e. The maximum atomic E-state index is 5.37. The summed E-state index contributed by atoms with van der Waals surface area (Å²) >= 11 is 0. The Labute approximate surface area is 84.3 Å². The lowest BCUT2D eigenvalue weighted by molar-refractivity contribution is -0.657. The van der Waals surface area contributed by atoms with E-state index in [-0.39, 0.29) is 0 Å². The second-order valence-corrected chi connectivity index (χ2v) is 4.29. The van der Waals surface area contributed by atoms with E-state index in [4.69, 9.17) is 19.6 Å². The molecule has 1 aliphatic carbocycles. The van der Waals surface area contributed by atoms with Gasteiger partial charge in [-0.2, -0.15) is 19.6 Å². The summed E-state index contributed by atoms with van der Waals surface area (Å²) < 4.78 is 0. The zero-order chi connectivity index (χ0) is 10.1. The average Bonchev–Trinajstić information content (AvgIpc) is 2.25. The Hall–Kier alpha value is -0.160. The molecule has 1 saturated carbocycles. The molecule has 2 rings (SSSR count). The van der Waals surface area contributed by atoms with E-state index >= 15 is 0 Å². The molecule has 2 fully saturated rings. The van der Waals surface area contributed by atoms with Crippen molar-refractivity contribution in [1.29, 1.82) is 0 Å². The summed E-state index contributed by atoms with van der Waals surface area (Å²) in [5.74, 6) is -1.38. The fourth-order valence-electron chi connectivity index (χ4n) is 1.73. The first-order valence-electron chi connectivity index (χ1n) is 5.42. The molecular formula is C10H18O4. The minimum atomic E-state index is -0.747. The first-order chi connectivity index (χ1) is 6.68. The van der Waals surface area contributed by atoms with Crippen molar-refractivity contribution in [2.45, 2.75) is 63.9 Å². The Balaban J connectivity index is 1.93. The van der Waals surface area contributed by atoms with Crippen molar-refractivity contribution in [3.8, 4) is 0 Å². The van der Waals surface area contributed by atoms with Crippen LogP contribution in [0, 0.1) is 0 Å². The molecule has 1 aliphatic heterocycles. The van der Waals surface area contributed by atoms with Crippen molar-refractivity contribution in [3.63, 3.8) is 0 Å². The van der Waals surface area contributed by atoms with E-state index in [0.717, 1.165) is 25.7 Å². The third-order valence-corrected chi connectivity index (χ3v) is 3.00. The van der Waals surface area contributed by atoms with E-state index in [1.54, 1.807) is 0 Å². The highest BCUT2D eigenvalue weighted by Crippen LogP contribution is 2.39. The number of hydrogen-bond acceptors (Lipinski definition) is 4. The SMILES string of the molecule is CCC1(C)OOC2(CCCCC2)OO1. The Kier molecular flexibility index (Phi) is 2.79. The molecule has 1 spiro atoms. The van der Waals surface area contributed by atoms with Gasteiger partial charge in [0.25, 0.3) is 0 Å². The maximum absolute atomic E-state index is 5.37. The summed E-state index contributed by atoms with van der Waals surface area (Å²) in [6.45, 7) is 3.77. The predicted molar refractivity (Wildman–Crippen MR) is 48.9 cm³/mol. The van der Waals surface area contributed by atoms with Gasteiger partial charge in [-0.3, -0.25) is 0 Å². The van der Waals surface area contributed by atoms with Gasteiger partial charge < -0.3 is 0 Å². The third-order valence-electron chi connectivity index (χ3n) is 3.00. The van der Waals surface area contributed by atoms with Gasteiger partial charge >= 0.3 is 0 Å². The molecule has 1 saturated heterocycles. The second kappa shape index (κ2) is 3.77. The lowest BCUT2D eigenvalue weighted by Crippen LogP contribution is -2.49. The maximum Gasteiger partial charge on any atom is 0.234 e. The number of rotatable bonds is 1. The van der Waals surface area contributed by atoms with Gasteiger partial charge in [-0.1, -0.05) is 13.3 Å². The highest BCUT2D eigenvalue weighted by atomic mass is 17.4. The van der Waals surface area contributed by atoms with Crippen LogP contribution in [-0.2, 0) is 19.6 Å². The summed E-state index contributed by atoms with van der Waals surface area (Å²) in [5.41, 5.74) is 0. The zero-order valence-electron chi connectivity index (χ0n) is 8.88. The molecule has 0 N–H and O–H groups in total. The van der Waals surface area contributed by atoms with Crippen LogP contribution in [0.2, 0.25) is 0 Å². The van der Waals surface area contributed by atoms with Gasteiger partial charge in [-0.25, -0.2) is 0 Å². The monoisotopic (exact) mass is 202 g/mol. The molecule has 4 nitrogen and oxygen atoms in total. The predicted octanol–water partition coefficient (Wildman–Crippen LogP) is 2.68. The molecule has 0 bridgehead atoms. The molecule has 0 aromatic carbocycles. The van der Waals surface area contributed by atoms with Crippen LogP contribution in [0.15, 0.2) is 0 Å². The van der Waals surface area contributed by atoms with Crippen molar-refractivity contribution in [2.75, 3.05) is 0 Å². The molecule has 0 atom stereocenters. The lowest BCUT2D eigenvalue weighted by Gasteiger charge is -2.42. The standard InChI is InChI=1S/C10H18O4/c1-3-9(2)11-13-10(14-12-9)7-5-4-6-8-10/h3-8H2,1-2H3. The largest absolute Gasteiger partial charge is 0.234 e. The first-order valence-corrected chi connectivity index (χ1v) is 5.42. The summed E-state index contributed by atoms with van der Waals surface area (Å²) in [6, 6.07) is 0. The van der Waals surface area contributed by atoms with Crippen molar-refractivity contribution >= 4 is 0 Å². The van der Waals surface area contributed by atoms with Crippen LogP contribution in [-0.4, -0.2) is 11.6 Å². The minimum Gasteiger partial charge on any atom is -0.195 e. The molecule has 4 heteroatoms. The highest BCUT2D eigenvalue weighted by molar-refractivity contribution is 4.74. The second-order valence-electron chi connectivity index (χ2n) is 4.29. The summed E-state index contributed by atoms with van der Waals surface area (Å²) in [4.78, 5) is 21.3. The Morgan fingerprint density at radius 2 is 1.50 bits per heavy atom. The van der Waals surface area contributed by atoms with Crippen LogP contribution < -0.4 is 0 Å². The summed E-state index contributed by atoms with van der Waals surface area (Å²) in [7, 11) is 0. The molecule has 1 heterocycles. The van der Waals surface area contributed by atoms with Gasteiger partial charge in [0.15, 0.2) is 0 Å². The van der Waals surface area contributed by atoms with Gasteiger partial charge in [0, 0.05) is 19.3 Å². The molecule has 14 heavy (non-hydrogen) atoms. The van der Waals surface area contributed by atoms with E-state index in [0.29, 0.717) is 6.42 Å². The summed E-state index contributed by atoms with van der Waals surface area (Å²) in [5, 5.41) is 0. The fourth-order valence-corrected chi connectivity index (χ4v) is 1.73. The fraction of sp³-hybridized carbons (Fsp3) is 1.00. The van der Waals surface area contributed by atoms with Crippen LogP contribution in [0.5, 0.6) is 0 Å². The molecule has 0 aromatic rings. The van der Waals surface area contributed by atoms with Gasteiger partial charge in [-0.15, -0.1) is 0 Å². The minimum absolute atomic E-state index is 0.632. The van der Waals surface area contributed by atoms with Crippen LogP contribution in [0.1, 0.15) is 52.4 Å². The van der Waals surface area contributed by atoms with Gasteiger partial charge in [0.05, 0.1) is 0 Å². The normalized spacial score (nSPS) is 30.4. The molecule has 2 aliphatic rings. The van der Waals surface area contributed by atoms with Gasteiger partial charge in [0.2, 0.25) is 11.6 Å². The van der Waals surface area contributed by atoms with Crippen LogP contribution >= 0.6 is 0 Å². The molecular weight excluding hydrogens is 184 g/mol. The number of hydrogen-bond donors (Lipinski definition) is 0.